The van der Waals surface area contributed by atoms with E-state index in [1.165, 1.54) is 12.1 Å². The number of hydrogen-bond acceptors (Lipinski definition) is 2. The molecule has 0 bridgehead atoms. The van der Waals surface area contributed by atoms with Crippen LogP contribution in [0.1, 0.15) is 18.4 Å². The van der Waals surface area contributed by atoms with Crippen molar-refractivity contribution in [3.63, 3.8) is 0 Å². The Morgan fingerprint density at radius 3 is 2.85 bits per heavy atom. The van der Waals surface area contributed by atoms with Crippen molar-refractivity contribution in [2.24, 2.45) is 5.73 Å². The van der Waals surface area contributed by atoms with Gasteiger partial charge in [-0.15, -0.1) is 0 Å². The highest BCUT2D eigenvalue weighted by atomic mass is 19.1. The molecule has 1 aliphatic carbocycles. The van der Waals surface area contributed by atoms with Crippen molar-refractivity contribution < 1.29 is 9.13 Å². The van der Waals surface area contributed by atoms with Gasteiger partial charge in [-0.05, 0) is 31.0 Å². The maximum Gasteiger partial charge on any atom is 0.124 e. The Balaban J connectivity index is 2.21. The lowest BCUT2D eigenvalue weighted by atomic mass is 10.2. The number of ether oxygens (including phenoxy) is 1. The third-order valence-electron chi connectivity index (χ3n) is 2.06. The average Bonchev–Trinajstić information content (AvgIpc) is 2.92. The quantitative estimate of drug-likeness (QED) is 0.772. The van der Waals surface area contributed by atoms with Gasteiger partial charge in [-0.1, -0.05) is 0 Å². The molecule has 0 amide bonds. The minimum Gasteiger partial charge on any atom is -0.490 e. The van der Waals surface area contributed by atoms with Crippen LogP contribution in [-0.2, 0) is 6.54 Å². The Hall–Kier alpha value is -1.09. The molecule has 1 fully saturated rings. The van der Waals surface area contributed by atoms with Crippen LogP contribution in [0.3, 0.4) is 0 Å². The lowest BCUT2D eigenvalue weighted by molar-refractivity contribution is 0.299. The smallest absolute Gasteiger partial charge is 0.124 e. The van der Waals surface area contributed by atoms with E-state index >= 15 is 0 Å². The molecule has 0 heterocycles. The molecule has 1 saturated carbocycles. The summed E-state index contributed by atoms with van der Waals surface area (Å²) >= 11 is 0. The van der Waals surface area contributed by atoms with Crippen molar-refractivity contribution in [1.29, 1.82) is 0 Å². The van der Waals surface area contributed by atoms with Gasteiger partial charge in [-0.25, -0.2) is 4.39 Å². The van der Waals surface area contributed by atoms with Crippen molar-refractivity contribution in [2.75, 3.05) is 0 Å². The van der Waals surface area contributed by atoms with Gasteiger partial charge in [-0.3, -0.25) is 0 Å². The molecular formula is C10H12FNO. The number of halogens is 1. The van der Waals surface area contributed by atoms with Crippen LogP contribution in [0.25, 0.3) is 0 Å². The Bertz CT molecular complexity index is 310. The summed E-state index contributed by atoms with van der Waals surface area (Å²) in [6, 6.07) is 4.48. The van der Waals surface area contributed by atoms with Gasteiger partial charge in [0, 0.05) is 12.1 Å². The van der Waals surface area contributed by atoms with Gasteiger partial charge in [0.15, 0.2) is 0 Å². The summed E-state index contributed by atoms with van der Waals surface area (Å²) in [5.74, 6) is 0.468. The van der Waals surface area contributed by atoms with Crippen LogP contribution in [-0.4, -0.2) is 6.10 Å². The molecular weight excluding hydrogens is 169 g/mol. The predicted molar refractivity (Wildman–Crippen MR) is 47.9 cm³/mol. The SMILES string of the molecule is NCc1cc(F)ccc1OC1CC1. The Kier molecular flexibility index (Phi) is 2.19. The first-order valence-electron chi connectivity index (χ1n) is 4.45. The van der Waals surface area contributed by atoms with E-state index in [0.717, 1.165) is 24.2 Å². The van der Waals surface area contributed by atoms with Crippen LogP contribution in [0.15, 0.2) is 18.2 Å². The van der Waals surface area contributed by atoms with E-state index in [0.29, 0.717) is 12.6 Å². The normalized spacial score (nSPS) is 15.8. The molecule has 1 aliphatic rings. The third kappa shape index (κ3) is 1.98. The van der Waals surface area contributed by atoms with Gasteiger partial charge in [-0.2, -0.15) is 0 Å². The van der Waals surface area contributed by atoms with Crippen LogP contribution in [0.4, 0.5) is 4.39 Å². The van der Waals surface area contributed by atoms with Gasteiger partial charge >= 0.3 is 0 Å². The molecule has 70 valence electrons. The van der Waals surface area contributed by atoms with Gasteiger partial charge < -0.3 is 10.5 Å². The van der Waals surface area contributed by atoms with Gasteiger partial charge in [0.2, 0.25) is 0 Å². The lowest BCUT2D eigenvalue weighted by Gasteiger charge is -2.08. The number of nitrogens with two attached hydrogens (primary N) is 1. The monoisotopic (exact) mass is 181 g/mol. The van der Waals surface area contributed by atoms with Crippen molar-refractivity contribution in [1.82, 2.24) is 0 Å². The predicted octanol–water partition coefficient (Wildman–Crippen LogP) is 1.83. The zero-order valence-electron chi connectivity index (χ0n) is 7.29. The summed E-state index contributed by atoms with van der Waals surface area (Å²) in [5, 5.41) is 0. The maximum absolute atomic E-state index is 12.8. The molecule has 2 N–H and O–H groups in total. The highest BCUT2D eigenvalue weighted by Crippen LogP contribution is 2.29. The molecule has 2 nitrogen and oxygen atoms in total. The first-order valence-corrected chi connectivity index (χ1v) is 4.45. The standard InChI is InChI=1S/C10H12FNO/c11-8-1-4-10(7(5-8)6-12)13-9-2-3-9/h1,4-5,9H,2-3,6,12H2. The van der Waals surface area contributed by atoms with Crippen LogP contribution < -0.4 is 10.5 Å². The molecule has 0 aliphatic heterocycles. The molecule has 0 atom stereocenters. The average molecular weight is 181 g/mol. The summed E-state index contributed by atoms with van der Waals surface area (Å²) in [6.45, 7) is 0.319. The van der Waals surface area contributed by atoms with E-state index in [1.807, 2.05) is 0 Å². The minimum atomic E-state index is -0.261. The van der Waals surface area contributed by atoms with Gasteiger partial charge in [0.05, 0.1) is 6.10 Å². The first kappa shape index (κ1) is 8.51. The molecule has 3 heteroatoms. The summed E-state index contributed by atoms with van der Waals surface area (Å²) in [4.78, 5) is 0. The maximum atomic E-state index is 12.8. The van der Waals surface area contributed by atoms with E-state index in [-0.39, 0.29) is 5.82 Å². The zero-order valence-corrected chi connectivity index (χ0v) is 7.29. The van der Waals surface area contributed by atoms with Crippen LogP contribution in [0.5, 0.6) is 5.75 Å². The van der Waals surface area contributed by atoms with Crippen LogP contribution in [0, 0.1) is 5.82 Å². The molecule has 0 aromatic heterocycles. The molecule has 1 aromatic carbocycles. The number of rotatable bonds is 3. The zero-order chi connectivity index (χ0) is 9.26. The van der Waals surface area contributed by atoms with E-state index in [4.69, 9.17) is 10.5 Å². The van der Waals surface area contributed by atoms with Crippen molar-refractivity contribution >= 4 is 0 Å². The molecule has 1 aromatic rings. The largest absolute Gasteiger partial charge is 0.490 e. The van der Waals surface area contributed by atoms with Crippen LogP contribution in [0.2, 0.25) is 0 Å². The Labute approximate surface area is 76.5 Å². The van der Waals surface area contributed by atoms with Gasteiger partial charge in [0.1, 0.15) is 11.6 Å². The van der Waals surface area contributed by atoms with Crippen molar-refractivity contribution in [3.05, 3.63) is 29.6 Å². The Morgan fingerprint density at radius 2 is 2.23 bits per heavy atom. The van der Waals surface area contributed by atoms with E-state index in [2.05, 4.69) is 0 Å². The van der Waals surface area contributed by atoms with Crippen molar-refractivity contribution in [2.45, 2.75) is 25.5 Å². The lowest BCUT2D eigenvalue weighted by Crippen LogP contribution is -2.04. The van der Waals surface area contributed by atoms with E-state index in [1.54, 1.807) is 6.07 Å². The second-order valence-electron chi connectivity index (χ2n) is 3.27. The summed E-state index contributed by atoms with van der Waals surface area (Å²) in [5.41, 5.74) is 6.21. The van der Waals surface area contributed by atoms with Crippen LogP contribution >= 0.6 is 0 Å². The second kappa shape index (κ2) is 3.34. The highest BCUT2D eigenvalue weighted by molar-refractivity contribution is 5.34. The minimum absolute atomic E-state index is 0.261. The van der Waals surface area contributed by atoms with E-state index < -0.39 is 0 Å². The van der Waals surface area contributed by atoms with Gasteiger partial charge in [0.25, 0.3) is 0 Å². The molecule has 0 unspecified atom stereocenters. The molecule has 0 radical (unpaired) electrons. The second-order valence-corrected chi connectivity index (χ2v) is 3.27. The first-order chi connectivity index (χ1) is 6.29. The summed E-state index contributed by atoms with van der Waals surface area (Å²) < 4.78 is 18.3. The molecule has 13 heavy (non-hydrogen) atoms. The van der Waals surface area contributed by atoms with Crippen molar-refractivity contribution in [3.8, 4) is 5.75 Å². The molecule has 0 saturated heterocycles. The molecule has 0 spiro atoms. The Morgan fingerprint density at radius 1 is 1.46 bits per heavy atom. The fourth-order valence-electron chi connectivity index (χ4n) is 1.19. The highest BCUT2D eigenvalue weighted by Gasteiger charge is 2.24. The fraction of sp³-hybridized carbons (Fsp3) is 0.400. The van der Waals surface area contributed by atoms with E-state index in [9.17, 15) is 4.39 Å². The third-order valence-corrected chi connectivity index (χ3v) is 2.06. The number of hydrogen-bond donors (Lipinski definition) is 1. The fourth-order valence-corrected chi connectivity index (χ4v) is 1.19. The molecule has 2 rings (SSSR count). The summed E-state index contributed by atoms with van der Waals surface area (Å²) in [7, 11) is 0. The number of benzene rings is 1. The summed E-state index contributed by atoms with van der Waals surface area (Å²) in [6.07, 6.45) is 2.53. The topological polar surface area (TPSA) is 35.2 Å².